The van der Waals surface area contributed by atoms with E-state index in [1.807, 2.05) is 48.5 Å². The van der Waals surface area contributed by atoms with E-state index in [-0.39, 0.29) is 0 Å². The smallest absolute Gasteiger partial charge is 0.333 e. The van der Waals surface area contributed by atoms with Gasteiger partial charge in [-0.1, -0.05) is 78.9 Å². The Morgan fingerprint density at radius 3 is 1.52 bits per heavy atom. The fourth-order valence-corrected chi connectivity index (χ4v) is 6.18. The molecular formula is C42H46O7S. The minimum atomic E-state index is -0.959. The summed E-state index contributed by atoms with van der Waals surface area (Å²) >= 11 is 1.74. The number of carbonyl (C=O) groups is 2. The summed E-state index contributed by atoms with van der Waals surface area (Å²) in [4.78, 5) is 23.8. The van der Waals surface area contributed by atoms with Crippen LogP contribution in [0.1, 0.15) is 49.9 Å². The van der Waals surface area contributed by atoms with Gasteiger partial charge < -0.3 is 24.4 Å². The van der Waals surface area contributed by atoms with Crippen LogP contribution in [-0.2, 0) is 31.9 Å². The average molecular weight is 695 g/mol. The number of allylic oxidation sites excluding steroid dienone is 2. The maximum Gasteiger partial charge on any atom is 0.333 e. The summed E-state index contributed by atoms with van der Waals surface area (Å²) in [7, 11) is 0. The fourth-order valence-electron chi connectivity index (χ4n) is 5.32. The molecule has 0 heterocycles. The SMILES string of the molecule is CCOC(Cc1ccc(OC/C=C(/C)c2ccc(-c3ccc(/C(C)=C\CSc4ccc(CC(OCC)C(=O)O)cc4)cc3)cc2)cc1)C(=O)O. The van der Waals surface area contributed by atoms with Crippen molar-refractivity contribution in [1.82, 2.24) is 0 Å². The van der Waals surface area contributed by atoms with E-state index in [0.29, 0.717) is 32.7 Å². The number of benzene rings is 4. The maximum atomic E-state index is 11.4. The van der Waals surface area contributed by atoms with Gasteiger partial charge >= 0.3 is 11.9 Å². The van der Waals surface area contributed by atoms with Crippen LogP contribution in [0.15, 0.2) is 114 Å². The first-order valence-corrected chi connectivity index (χ1v) is 17.8. The van der Waals surface area contributed by atoms with Crippen molar-refractivity contribution >= 4 is 34.8 Å². The van der Waals surface area contributed by atoms with Crippen LogP contribution in [0.3, 0.4) is 0 Å². The lowest BCUT2D eigenvalue weighted by molar-refractivity contribution is -0.150. The molecule has 7 nitrogen and oxygen atoms in total. The van der Waals surface area contributed by atoms with Gasteiger partial charge in [-0.3, -0.25) is 0 Å². The number of ether oxygens (including phenoxy) is 3. The molecule has 262 valence electrons. The molecule has 4 aromatic carbocycles. The van der Waals surface area contributed by atoms with E-state index in [1.165, 1.54) is 11.1 Å². The number of carboxylic acids is 2. The molecule has 4 aromatic rings. The van der Waals surface area contributed by atoms with Gasteiger partial charge in [0.1, 0.15) is 12.4 Å². The minimum Gasteiger partial charge on any atom is -0.490 e. The third-order valence-corrected chi connectivity index (χ3v) is 9.21. The van der Waals surface area contributed by atoms with Crippen molar-refractivity contribution in [2.45, 2.75) is 57.6 Å². The summed E-state index contributed by atoms with van der Waals surface area (Å²) in [5.74, 6) is -0.339. The molecular weight excluding hydrogens is 649 g/mol. The number of rotatable bonds is 19. The zero-order valence-corrected chi connectivity index (χ0v) is 30.0. The molecule has 0 bridgehead atoms. The highest BCUT2D eigenvalue weighted by molar-refractivity contribution is 7.99. The van der Waals surface area contributed by atoms with Crippen LogP contribution in [0.2, 0.25) is 0 Å². The second-order valence-corrected chi connectivity index (χ2v) is 12.9. The van der Waals surface area contributed by atoms with Crippen LogP contribution in [0, 0.1) is 0 Å². The zero-order chi connectivity index (χ0) is 35.9. The Balaban J connectivity index is 1.25. The average Bonchev–Trinajstić information content (AvgIpc) is 3.12. The second kappa shape index (κ2) is 19.5. The van der Waals surface area contributed by atoms with E-state index in [9.17, 15) is 19.8 Å². The van der Waals surface area contributed by atoms with Gasteiger partial charge in [-0.05, 0) is 103 Å². The summed E-state index contributed by atoms with van der Waals surface area (Å²) in [5, 5.41) is 18.6. The topological polar surface area (TPSA) is 102 Å². The van der Waals surface area contributed by atoms with Crippen LogP contribution < -0.4 is 4.74 Å². The van der Waals surface area contributed by atoms with Crippen molar-refractivity contribution in [1.29, 1.82) is 0 Å². The van der Waals surface area contributed by atoms with E-state index in [0.717, 1.165) is 49.8 Å². The first-order chi connectivity index (χ1) is 24.2. The van der Waals surface area contributed by atoms with Gasteiger partial charge in [0.05, 0.1) is 0 Å². The van der Waals surface area contributed by atoms with Gasteiger partial charge in [0.25, 0.3) is 0 Å². The molecule has 0 aromatic heterocycles. The molecule has 2 atom stereocenters. The lowest BCUT2D eigenvalue weighted by atomic mass is 9.98. The summed E-state index contributed by atoms with van der Waals surface area (Å²) in [6.45, 7) is 8.94. The highest BCUT2D eigenvalue weighted by atomic mass is 32.2. The van der Waals surface area contributed by atoms with Crippen molar-refractivity contribution in [2.24, 2.45) is 0 Å². The lowest BCUT2D eigenvalue weighted by Crippen LogP contribution is -2.26. The van der Waals surface area contributed by atoms with Gasteiger partial charge in [0.2, 0.25) is 0 Å². The Labute approximate surface area is 299 Å². The van der Waals surface area contributed by atoms with Gasteiger partial charge in [0.15, 0.2) is 12.2 Å². The molecule has 0 amide bonds. The van der Waals surface area contributed by atoms with Crippen LogP contribution in [-0.4, -0.2) is 59.9 Å². The summed E-state index contributed by atoms with van der Waals surface area (Å²) < 4.78 is 16.5. The molecule has 0 radical (unpaired) electrons. The largest absolute Gasteiger partial charge is 0.490 e. The Kier molecular flexibility index (Phi) is 14.9. The first kappa shape index (κ1) is 38.2. The zero-order valence-electron chi connectivity index (χ0n) is 29.1. The van der Waals surface area contributed by atoms with Crippen LogP contribution in [0.5, 0.6) is 5.75 Å². The van der Waals surface area contributed by atoms with Crippen LogP contribution in [0.25, 0.3) is 22.3 Å². The van der Waals surface area contributed by atoms with Crippen molar-refractivity contribution in [2.75, 3.05) is 25.6 Å². The molecule has 8 heteroatoms. The van der Waals surface area contributed by atoms with Crippen molar-refractivity contribution in [3.05, 3.63) is 131 Å². The van der Waals surface area contributed by atoms with Crippen LogP contribution >= 0.6 is 11.8 Å². The molecule has 0 saturated carbocycles. The van der Waals surface area contributed by atoms with Gasteiger partial charge in [0, 0.05) is 36.7 Å². The molecule has 4 rings (SSSR count). The standard InChI is InChI=1S/C42H46O7S/c1-5-47-39(41(43)44)27-31-7-19-37(20-8-31)49-25-23-29(3)33-11-15-35(16-12-33)36-17-13-34(14-18-36)30(4)24-26-50-38-21-9-32(10-22-38)28-40(42(45)46)48-6-2/h7-24,39-40H,5-6,25-28H2,1-4H3,(H,43,44)(H,45,46)/b29-23-,30-24-. The van der Waals surface area contributed by atoms with Gasteiger partial charge in [-0.2, -0.15) is 0 Å². The molecule has 2 unspecified atom stereocenters. The second-order valence-electron chi connectivity index (χ2n) is 11.8. The van der Waals surface area contributed by atoms with E-state index in [1.54, 1.807) is 25.6 Å². The molecule has 0 aliphatic carbocycles. The Bertz CT molecular complexity index is 1590. The number of carboxylic acid groups (broad SMARTS) is 2. The summed E-state index contributed by atoms with van der Waals surface area (Å²) in [5.41, 5.74) is 8.77. The van der Waals surface area contributed by atoms with E-state index in [2.05, 4.69) is 74.5 Å². The van der Waals surface area contributed by atoms with E-state index >= 15 is 0 Å². The van der Waals surface area contributed by atoms with E-state index < -0.39 is 24.1 Å². The molecule has 0 fully saturated rings. The minimum absolute atomic E-state index is 0.313. The number of aliphatic carboxylic acids is 2. The molecule has 2 N–H and O–H groups in total. The van der Waals surface area contributed by atoms with E-state index in [4.69, 9.17) is 14.2 Å². The Morgan fingerprint density at radius 1 is 0.640 bits per heavy atom. The molecule has 0 spiro atoms. The van der Waals surface area contributed by atoms with Gasteiger partial charge in [-0.25, -0.2) is 9.59 Å². The highest BCUT2D eigenvalue weighted by Crippen LogP contribution is 2.26. The number of hydrogen-bond acceptors (Lipinski definition) is 6. The predicted molar refractivity (Wildman–Crippen MR) is 202 cm³/mol. The Hall–Kier alpha value is -4.63. The summed E-state index contributed by atoms with van der Waals surface area (Å²) in [6, 6.07) is 32.6. The monoisotopic (exact) mass is 694 g/mol. The molecule has 0 aliphatic heterocycles. The van der Waals surface area contributed by atoms with Crippen molar-refractivity contribution < 1.29 is 34.0 Å². The molecule has 0 aliphatic rings. The Morgan fingerprint density at radius 2 is 1.08 bits per heavy atom. The maximum absolute atomic E-state index is 11.4. The van der Waals surface area contributed by atoms with Gasteiger partial charge in [-0.15, -0.1) is 11.8 Å². The van der Waals surface area contributed by atoms with Crippen LogP contribution in [0.4, 0.5) is 0 Å². The number of hydrogen-bond donors (Lipinski definition) is 2. The first-order valence-electron chi connectivity index (χ1n) is 16.8. The highest BCUT2D eigenvalue weighted by Gasteiger charge is 2.18. The quantitative estimate of drug-likeness (QED) is 0.0938. The fraction of sp³-hybridized carbons (Fsp3) is 0.286. The molecule has 50 heavy (non-hydrogen) atoms. The van der Waals surface area contributed by atoms with Crippen molar-refractivity contribution in [3.8, 4) is 16.9 Å². The third kappa shape index (κ3) is 11.8. The predicted octanol–water partition coefficient (Wildman–Crippen LogP) is 9.10. The third-order valence-electron chi connectivity index (χ3n) is 8.27. The molecule has 0 saturated heterocycles. The van der Waals surface area contributed by atoms with Crippen molar-refractivity contribution in [3.63, 3.8) is 0 Å². The summed E-state index contributed by atoms with van der Waals surface area (Å²) in [6.07, 6.45) is 3.28. The normalized spacial score (nSPS) is 13.1. The lowest BCUT2D eigenvalue weighted by Gasteiger charge is -2.12. The number of thioether (sulfide) groups is 1.